The van der Waals surface area contributed by atoms with Gasteiger partial charge in [-0.15, -0.1) is 0 Å². The molecular weight excluding hydrogens is 167 g/mol. The zero-order chi connectivity index (χ0) is 6.62. The SMILES string of the molecule is CCCO[As](C)(C)=O. The van der Waals surface area contributed by atoms with Crippen LogP contribution in [0.2, 0.25) is 11.4 Å². The number of hydrogen-bond donors (Lipinski definition) is 0. The molecule has 0 bridgehead atoms. The van der Waals surface area contributed by atoms with Crippen molar-refractivity contribution in [2.45, 2.75) is 24.8 Å². The summed E-state index contributed by atoms with van der Waals surface area (Å²) < 4.78 is 15.8. The summed E-state index contributed by atoms with van der Waals surface area (Å²) in [6, 6.07) is 0. The molecule has 0 heterocycles. The van der Waals surface area contributed by atoms with Crippen LogP contribution in [-0.2, 0) is 7.47 Å². The molecule has 0 saturated carbocycles. The molecule has 0 N–H and O–H groups in total. The average molecular weight is 180 g/mol. The standard InChI is InChI=1S/C5H13AsO2/c1-4-5-8-6(2,3)7/h4-5H2,1-3H3. The van der Waals surface area contributed by atoms with Crippen molar-refractivity contribution >= 4 is 13.8 Å². The average Bonchev–Trinajstić information content (AvgIpc) is 1.59. The molecule has 50 valence electrons. The van der Waals surface area contributed by atoms with Gasteiger partial charge in [0.1, 0.15) is 0 Å². The molecule has 0 aromatic heterocycles. The summed E-state index contributed by atoms with van der Waals surface area (Å²) in [5.74, 6) is 0. The Morgan fingerprint density at radius 2 is 2.00 bits per heavy atom. The van der Waals surface area contributed by atoms with Crippen LogP contribution in [0.4, 0.5) is 0 Å². The summed E-state index contributed by atoms with van der Waals surface area (Å²) in [6.45, 7) is 2.65. The first kappa shape index (κ1) is 8.32. The second-order valence-electron chi connectivity index (χ2n) is 2.09. The van der Waals surface area contributed by atoms with Crippen molar-refractivity contribution < 1.29 is 7.47 Å². The summed E-state index contributed by atoms with van der Waals surface area (Å²) in [5, 5.41) is 0. The van der Waals surface area contributed by atoms with Crippen LogP contribution in [0.3, 0.4) is 0 Å². The molecule has 0 aliphatic carbocycles. The molecule has 0 aromatic carbocycles. The minimum atomic E-state index is -2.72. The van der Waals surface area contributed by atoms with Gasteiger partial charge in [-0.25, -0.2) is 0 Å². The molecule has 0 radical (unpaired) electrons. The van der Waals surface area contributed by atoms with Gasteiger partial charge >= 0.3 is 52.7 Å². The van der Waals surface area contributed by atoms with Crippen molar-refractivity contribution in [3.05, 3.63) is 0 Å². The quantitative estimate of drug-likeness (QED) is 0.616. The minimum absolute atomic E-state index is 0.642. The van der Waals surface area contributed by atoms with Crippen molar-refractivity contribution in [3.63, 3.8) is 0 Å². The van der Waals surface area contributed by atoms with Crippen molar-refractivity contribution in [3.8, 4) is 0 Å². The normalized spacial score (nSPS) is 11.9. The first-order valence-electron chi connectivity index (χ1n) is 2.76. The van der Waals surface area contributed by atoms with Gasteiger partial charge < -0.3 is 0 Å². The van der Waals surface area contributed by atoms with E-state index >= 15 is 0 Å². The predicted octanol–water partition coefficient (Wildman–Crippen LogP) is 1.55. The zero-order valence-corrected chi connectivity index (χ0v) is 7.55. The fraction of sp³-hybridized carbons (Fsp3) is 1.00. The Bertz CT molecular complexity index is 94.6. The van der Waals surface area contributed by atoms with E-state index < -0.39 is 13.8 Å². The first-order chi connectivity index (χ1) is 3.56. The monoisotopic (exact) mass is 180 g/mol. The van der Waals surface area contributed by atoms with Crippen LogP contribution < -0.4 is 0 Å². The fourth-order valence-electron chi connectivity index (χ4n) is 0.311. The Labute approximate surface area is 53.3 Å². The predicted molar refractivity (Wildman–Crippen MR) is 34.4 cm³/mol. The summed E-state index contributed by atoms with van der Waals surface area (Å²) in [7, 11) is 0. The van der Waals surface area contributed by atoms with Gasteiger partial charge in [0.05, 0.1) is 0 Å². The fourth-order valence-corrected chi connectivity index (χ4v) is 1.62. The molecule has 0 atom stereocenters. The van der Waals surface area contributed by atoms with Crippen molar-refractivity contribution in [1.29, 1.82) is 0 Å². The maximum atomic E-state index is 10.8. The Morgan fingerprint density at radius 1 is 1.50 bits per heavy atom. The second kappa shape index (κ2) is 3.36. The van der Waals surface area contributed by atoms with Crippen LogP contribution in [0.15, 0.2) is 0 Å². The van der Waals surface area contributed by atoms with Gasteiger partial charge in [-0.2, -0.15) is 0 Å². The van der Waals surface area contributed by atoms with Crippen LogP contribution >= 0.6 is 0 Å². The van der Waals surface area contributed by atoms with E-state index in [2.05, 4.69) is 0 Å². The molecule has 2 nitrogen and oxygen atoms in total. The Balaban J connectivity index is 3.26. The van der Waals surface area contributed by atoms with Crippen molar-refractivity contribution in [1.82, 2.24) is 0 Å². The third-order valence-corrected chi connectivity index (χ3v) is 2.29. The molecule has 0 saturated heterocycles. The van der Waals surface area contributed by atoms with Crippen LogP contribution in [0.5, 0.6) is 0 Å². The zero-order valence-electron chi connectivity index (χ0n) is 5.68. The van der Waals surface area contributed by atoms with Crippen LogP contribution in [0.25, 0.3) is 0 Å². The number of rotatable bonds is 3. The molecule has 0 aromatic rings. The van der Waals surface area contributed by atoms with Gasteiger partial charge in [0.2, 0.25) is 0 Å². The van der Waals surface area contributed by atoms with E-state index in [4.69, 9.17) is 3.73 Å². The molecule has 0 amide bonds. The maximum absolute atomic E-state index is 10.8. The molecule has 0 fully saturated rings. The van der Waals surface area contributed by atoms with Gasteiger partial charge in [-0.3, -0.25) is 0 Å². The van der Waals surface area contributed by atoms with E-state index in [-0.39, 0.29) is 0 Å². The molecule has 0 unspecified atom stereocenters. The van der Waals surface area contributed by atoms with Crippen molar-refractivity contribution in [2.75, 3.05) is 6.61 Å². The third kappa shape index (κ3) is 6.32. The van der Waals surface area contributed by atoms with Crippen LogP contribution in [0.1, 0.15) is 13.3 Å². The van der Waals surface area contributed by atoms with E-state index in [0.717, 1.165) is 6.42 Å². The van der Waals surface area contributed by atoms with Gasteiger partial charge in [0.25, 0.3) is 0 Å². The molecule has 8 heavy (non-hydrogen) atoms. The summed E-state index contributed by atoms with van der Waals surface area (Å²) in [6.07, 6.45) is 0.951. The second-order valence-corrected chi connectivity index (χ2v) is 7.88. The van der Waals surface area contributed by atoms with E-state index in [1.54, 1.807) is 11.4 Å². The molecule has 3 heteroatoms. The van der Waals surface area contributed by atoms with E-state index in [9.17, 15) is 3.74 Å². The van der Waals surface area contributed by atoms with Gasteiger partial charge in [-0.05, 0) is 0 Å². The van der Waals surface area contributed by atoms with E-state index in [0.29, 0.717) is 6.61 Å². The molecule has 0 aliphatic heterocycles. The molecule has 0 rings (SSSR count). The van der Waals surface area contributed by atoms with Crippen LogP contribution in [0, 0.1) is 0 Å². The van der Waals surface area contributed by atoms with Gasteiger partial charge in [-0.1, -0.05) is 0 Å². The Hall–Kier alpha value is 0.318. The van der Waals surface area contributed by atoms with E-state index in [1.165, 1.54) is 0 Å². The van der Waals surface area contributed by atoms with Gasteiger partial charge in [0.15, 0.2) is 0 Å². The molecule has 0 spiro atoms. The third-order valence-electron chi connectivity index (χ3n) is 0.606. The van der Waals surface area contributed by atoms with Crippen LogP contribution in [-0.4, -0.2) is 20.4 Å². The topological polar surface area (TPSA) is 26.3 Å². The van der Waals surface area contributed by atoms with Crippen molar-refractivity contribution in [2.24, 2.45) is 0 Å². The summed E-state index contributed by atoms with van der Waals surface area (Å²) in [4.78, 5) is 0. The molecule has 0 aliphatic rings. The Kier molecular flexibility index (Phi) is 3.50. The molecular formula is C5H13AsO2. The number of hydrogen-bond acceptors (Lipinski definition) is 2. The van der Waals surface area contributed by atoms with E-state index in [1.807, 2.05) is 6.92 Å². The summed E-state index contributed by atoms with van der Waals surface area (Å²) in [5.41, 5.74) is 3.38. The Morgan fingerprint density at radius 3 is 2.12 bits per heavy atom. The summed E-state index contributed by atoms with van der Waals surface area (Å²) >= 11 is -2.72. The first-order valence-corrected chi connectivity index (χ1v) is 8.04. The van der Waals surface area contributed by atoms with Gasteiger partial charge in [0, 0.05) is 0 Å².